The lowest BCUT2D eigenvalue weighted by Gasteiger charge is -2.18. The number of ether oxygens (including phenoxy) is 1. The summed E-state index contributed by atoms with van der Waals surface area (Å²) in [6.45, 7) is 4.16. The van der Waals surface area contributed by atoms with E-state index in [9.17, 15) is 35.6 Å². The maximum Gasteiger partial charge on any atom is 0.406 e. The van der Waals surface area contributed by atoms with Crippen LogP contribution in [-0.2, 0) is 21.3 Å². The van der Waals surface area contributed by atoms with Gasteiger partial charge in [-0.1, -0.05) is 13.8 Å². The van der Waals surface area contributed by atoms with E-state index in [0.717, 1.165) is 27.1 Å². The third kappa shape index (κ3) is 5.99. The number of carbonyl (C=O) groups is 2. The number of esters is 1. The predicted molar refractivity (Wildman–Crippen MR) is 111 cm³/mol. The molecule has 0 aliphatic carbocycles. The summed E-state index contributed by atoms with van der Waals surface area (Å²) in [6, 6.07) is 3.89. The van der Waals surface area contributed by atoms with Gasteiger partial charge in [0.15, 0.2) is 6.61 Å². The number of halogens is 4. The van der Waals surface area contributed by atoms with Crippen molar-refractivity contribution in [3.8, 4) is 0 Å². The van der Waals surface area contributed by atoms with Crippen LogP contribution in [-0.4, -0.2) is 54.9 Å². The third-order valence-electron chi connectivity index (χ3n) is 5.05. The minimum atomic E-state index is -4.49. The number of ketones is 1. The number of aromatic nitrogens is 1. The third-order valence-corrected chi connectivity index (χ3v) is 7.09. The number of Topliss-reactive ketones (excluding diaryl/α,β-unsaturated/α-hetero) is 1. The monoisotopic (exact) mass is 492 g/mol. The van der Waals surface area contributed by atoms with Gasteiger partial charge in [-0.15, -0.1) is 0 Å². The van der Waals surface area contributed by atoms with Crippen molar-refractivity contribution < 1.29 is 40.3 Å². The summed E-state index contributed by atoms with van der Waals surface area (Å²) in [4.78, 5) is 24.5. The van der Waals surface area contributed by atoms with Crippen molar-refractivity contribution in [1.29, 1.82) is 0 Å². The summed E-state index contributed by atoms with van der Waals surface area (Å²) in [5, 5.41) is 0. The Morgan fingerprint density at radius 2 is 1.67 bits per heavy atom. The van der Waals surface area contributed by atoms with Gasteiger partial charge in [0.2, 0.25) is 15.8 Å². The molecule has 0 N–H and O–H groups in total. The maximum absolute atomic E-state index is 14.2. The second-order valence-electron chi connectivity index (χ2n) is 7.22. The lowest BCUT2D eigenvalue weighted by molar-refractivity contribution is -0.141. The van der Waals surface area contributed by atoms with Gasteiger partial charge in [-0.05, 0) is 38.1 Å². The van der Waals surface area contributed by atoms with Crippen molar-refractivity contribution in [2.45, 2.75) is 45.3 Å². The summed E-state index contributed by atoms with van der Waals surface area (Å²) in [6.07, 6.45) is -4.49. The van der Waals surface area contributed by atoms with E-state index >= 15 is 0 Å². The van der Waals surface area contributed by atoms with Crippen molar-refractivity contribution in [3.05, 3.63) is 52.6 Å². The summed E-state index contributed by atoms with van der Waals surface area (Å²) < 4.78 is 84.5. The van der Waals surface area contributed by atoms with Crippen molar-refractivity contribution in [3.63, 3.8) is 0 Å². The van der Waals surface area contributed by atoms with Crippen LogP contribution >= 0.6 is 0 Å². The molecule has 0 atom stereocenters. The van der Waals surface area contributed by atoms with Crippen molar-refractivity contribution >= 4 is 21.8 Å². The molecule has 0 aliphatic rings. The number of aryl methyl sites for hydroxylation is 1. The zero-order valence-electron chi connectivity index (χ0n) is 18.5. The molecule has 0 bridgehead atoms. The van der Waals surface area contributed by atoms with E-state index in [4.69, 9.17) is 4.74 Å². The van der Waals surface area contributed by atoms with Gasteiger partial charge in [-0.3, -0.25) is 4.79 Å². The highest BCUT2D eigenvalue weighted by Gasteiger charge is 2.31. The standard InChI is InChI=1S/C21H24F4N2O5S/c1-5-26(6-2)33(30,31)15-7-8-18(22)17(10-15)20(29)32-11-19(28)16-9-13(3)27(14(16)4)12-21(23,24)25/h7-10H,5-6,11-12H2,1-4H3. The van der Waals surface area contributed by atoms with Crippen LogP contribution in [0.3, 0.4) is 0 Å². The number of sulfonamides is 1. The Morgan fingerprint density at radius 1 is 1.06 bits per heavy atom. The summed E-state index contributed by atoms with van der Waals surface area (Å²) in [7, 11) is -3.97. The molecule has 0 unspecified atom stereocenters. The Hall–Kier alpha value is -2.73. The zero-order valence-corrected chi connectivity index (χ0v) is 19.3. The highest BCUT2D eigenvalue weighted by atomic mass is 32.2. The largest absolute Gasteiger partial charge is 0.454 e. The van der Waals surface area contributed by atoms with Crippen molar-refractivity contribution in [2.75, 3.05) is 19.7 Å². The number of benzene rings is 1. The van der Waals surface area contributed by atoms with Gasteiger partial charge in [-0.2, -0.15) is 17.5 Å². The SMILES string of the molecule is CCN(CC)S(=O)(=O)c1ccc(F)c(C(=O)OCC(=O)c2cc(C)n(CC(F)(F)F)c2C)c1. The van der Waals surface area contributed by atoms with E-state index in [2.05, 4.69) is 0 Å². The van der Waals surface area contributed by atoms with Crippen LogP contribution in [0.2, 0.25) is 0 Å². The van der Waals surface area contributed by atoms with Crippen molar-refractivity contribution in [1.82, 2.24) is 8.87 Å². The number of alkyl halides is 3. The zero-order chi connectivity index (χ0) is 25.1. The summed E-state index contributed by atoms with van der Waals surface area (Å²) in [5.74, 6) is -3.10. The van der Waals surface area contributed by atoms with E-state index < -0.39 is 52.5 Å². The number of hydrogen-bond acceptors (Lipinski definition) is 5. The van der Waals surface area contributed by atoms with Gasteiger partial charge >= 0.3 is 12.1 Å². The molecule has 7 nitrogen and oxygen atoms in total. The number of rotatable bonds is 9. The fraction of sp³-hybridized carbons (Fsp3) is 0.429. The molecule has 0 radical (unpaired) electrons. The number of hydrogen-bond donors (Lipinski definition) is 0. The van der Waals surface area contributed by atoms with Crippen LogP contribution in [0, 0.1) is 19.7 Å². The molecular weight excluding hydrogens is 468 g/mol. The number of nitrogens with zero attached hydrogens (tertiary/aromatic N) is 2. The molecule has 1 aromatic heterocycles. The Bertz CT molecular complexity index is 1150. The fourth-order valence-corrected chi connectivity index (χ4v) is 4.81. The van der Waals surface area contributed by atoms with Crippen molar-refractivity contribution in [2.24, 2.45) is 0 Å². The predicted octanol–water partition coefficient (Wildman–Crippen LogP) is 3.88. The molecule has 1 heterocycles. The maximum atomic E-state index is 14.2. The topological polar surface area (TPSA) is 85.7 Å². The van der Waals surface area contributed by atoms with E-state index in [1.54, 1.807) is 13.8 Å². The van der Waals surface area contributed by atoms with Crippen LogP contribution < -0.4 is 0 Å². The van der Waals surface area contributed by atoms with E-state index in [1.165, 1.54) is 19.9 Å². The Balaban J connectivity index is 2.22. The van der Waals surface area contributed by atoms with Crippen LogP contribution in [0.4, 0.5) is 17.6 Å². The van der Waals surface area contributed by atoms with Gasteiger partial charge in [0.25, 0.3) is 0 Å². The molecule has 0 spiro atoms. The molecule has 0 saturated heterocycles. The van der Waals surface area contributed by atoms with Crippen LogP contribution in [0.25, 0.3) is 0 Å². The molecule has 0 saturated carbocycles. The Morgan fingerprint density at radius 3 is 2.21 bits per heavy atom. The summed E-state index contributed by atoms with van der Waals surface area (Å²) >= 11 is 0. The van der Waals surface area contributed by atoms with Gasteiger partial charge < -0.3 is 9.30 Å². The first kappa shape index (κ1) is 26.5. The quantitative estimate of drug-likeness (QED) is 0.301. The minimum absolute atomic E-state index is 0.0457. The fourth-order valence-electron chi connectivity index (χ4n) is 3.33. The first-order chi connectivity index (χ1) is 15.2. The van der Waals surface area contributed by atoms with Crippen LogP contribution in [0.1, 0.15) is 46.0 Å². The minimum Gasteiger partial charge on any atom is -0.454 e. The molecule has 0 aliphatic heterocycles. The molecule has 2 rings (SSSR count). The molecule has 12 heteroatoms. The van der Waals surface area contributed by atoms with E-state index in [1.807, 2.05) is 0 Å². The second kappa shape index (κ2) is 10.0. The lowest BCUT2D eigenvalue weighted by Crippen LogP contribution is -2.30. The molecule has 1 aromatic carbocycles. The molecule has 33 heavy (non-hydrogen) atoms. The molecule has 182 valence electrons. The van der Waals surface area contributed by atoms with Gasteiger partial charge in [-0.25, -0.2) is 17.6 Å². The van der Waals surface area contributed by atoms with Gasteiger partial charge in [0.05, 0.1) is 10.5 Å². The molecular formula is C21H24F4N2O5S. The number of carbonyl (C=O) groups excluding carboxylic acids is 2. The average molecular weight is 492 g/mol. The second-order valence-corrected chi connectivity index (χ2v) is 9.15. The molecule has 0 fully saturated rings. The highest BCUT2D eigenvalue weighted by molar-refractivity contribution is 7.89. The van der Waals surface area contributed by atoms with Crippen LogP contribution in [0.5, 0.6) is 0 Å². The van der Waals surface area contributed by atoms with E-state index in [0.29, 0.717) is 0 Å². The van der Waals surface area contributed by atoms with Gasteiger partial charge in [0, 0.05) is 30.0 Å². The van der Waals surface area contributed by atoms with Crippen LogP contribution in [0.15, 0.2) is 29.2 Å². The lowest BCUT2D eigenvalue weighted by atomic mass is 10.1. The first-order valence-corrected chi connectivity index (χ1v) is 11.4. The average Bonchev–Trinajstić information content (AvgIpc) is 2.99. The Kier molecular flexibility index (Phi) is 8.07. The molecule has 2 aromatic rings. The van der Waals surface area contributed by atoms with E-state index in [-0.39, 0.29) is 34.9 Å². The smallest absolute Gasteiger partial charge is 0.406 e. The summed E-state index contributed by atoms with van der Waals surface area (Å²) in [5.41, 5.74) is -0.509. The molecule has 0 amide bonds. The Labute approximate surface area is 189 Å². The first-order valence-electron chi connectivity index (χ1n) is 9.96. The highest BCUT2D eigenvalue weighted by Crippen LogP contribution is 2.24. The normalized spacial score (nSPS) is 12.3. The van der Waals surface area contributed by atoms with Gasteiger partial charge in [0.1, 0.15) is 12.4 Å².